The first kappa shape index (κ1) is 23.5. The second-order valence-corrected chi connectivity index (χ2v) is 11.0. The molecular weight excluding hydrogens is 504 g/mol. The van der Waals surface area contributed by atoms with Gasteiger partial charge in [-0.3, -0.25) is 0 Å². The van der Waals surface area contributed by atoms with E-state index in [-0.39, 0.29) is 32.8 Å². The van der Waals surface area contributed by atoms with E-state index < -0.39 is 20.2 Å². The molecule has 2 N–H and O–H groups in total. The van der Waals surface area contributed by atoms with Crippen molar-refractivity contribution in [2.75, 3.05) is 0 Å². The van der Waals surface area contributed by atoms with Crippen molar-refractivity contribution in [1.29, 1.82) is 0 Å². The van der Waals surface area contributed by atoms with Gasteiger partial charge in [0, 0.05) is 10.8 Å². The summed E-state index contributed by atoms with van der Waals surface area (Å²) < 4.78 is 61.9. The molecule has 5 rings (SSSR count). The van der Waals surface area contributed by atoms with Gasteiger partial charge in [0.2, 0.25) is 0 Å². The smallest absolute Gasteiger partial charge is 0.339 e. The first-order chi connectivity index (χ1) is 17.1. The number of phenols is 2. The minimum absolute atomic E-state index is 0.0731. The predicted octanol–water partition coefficient (Wildman–Crippen LogP) is 4.94. The summed E-state index contributed by atoms with van der Waals surface area (Å²) in [5, 5.41) is 21.0. The molecule has 36 heavy (non-hydrogen) atoms. The lowest BCUT2D eigenvalue weighted by Gasteiger charge is -2.13. The molecule has 5 aromatic rings. The molecule has 8 nitrogen and oxygen atoms in total. The van der Waals surface area contributed by atoms with Crippen LogP contribution < -0.4 is 8.37 Å². The van der Waals surface area contributed by atoms with E-state index in [4.69, 9.17) is 8.37 Å². The van der Waals surface area contributed by atoms with Gasteiger partial charge in [-0.05, 0) is 83.6 Å². The van der Waals surface area contributed by atoms with Crippen molar-refractivity contribution in [3.63, 3.8) is 0 Å². The lowest BCUT2D eigenvalue weighted by Crippen LogP contribution is -2.10. The molecule has 5 aromatic carbocycles. The largest absolute Gasteiger partial charge is 0.508 e. The van der Waals surface area contributed by atoms with E-state index in [9.17, 15) is 27.0 Å². The van der Waals surface area contributed by atoms with Gasteiger partial charge in [-0.2, -0.15) is 16.8 Å². The molecule has 182 valence electrons. The van der Waals surface area contributed by atoms with Crippen molar-refractivity contribution < 1.29 is 35.4 Å². The van der Waals surface area contributed by atoms with E-state index >= 15 is 0 Å². The Morgan fingerprint density at radius 1 is 0.500 bits per heavy atom. The lowest BCUT2D eigenvalue weighted by molar-refractivity contribution is 0.472. The molecule has 0 unspecified atom stereocenters. The fourth-order valence-corrected chi connectivity index (χ4v) is 5.59. The average molecular weight is 523 g/mol. The first-order valence-electron chi connectivity index (χ1n) is 10.5. The highest BCUT2D eigenvalue weighted by Crippen LogP contribution is 2.36. The van der Waals surface area contributed by atoms with E-state index in [0.717, 1.165) is 0 Å². The Labute approximate surface area is 206 Å². The van der Waals surface area contributed by atoms with Gasteiger partial charge in [0.1, 0.15) is 21.3 Å². The standard InChI is InChI=1S/C26H18O8S2/c27-19-7-11-21(12-8-19)35(29,30)33-25-5-1-3-17-15-24-18(16-23(17)25)4-2-6-26(24)34-36(31,32)22-13-9-20(28)10-14-22/h1-16,27-28H. The lowest BCUT2D eigenvalue weighted by atomic mass is 10.0. The predicted molar refractivity (Wildman–Crippen MR) is 133 cm³/mol. The molecule has 0 saturated carbocycles. The van der Waals surface area contributed by atoms with Gasteiger partial charge in [0.15, 0.2) is 11.5 Å². The molecule has 0 amide bonds. The maximum atomic E-state index is 12.8. The normalized spacial score (nSPS) is 12.0. The van der Waals surface area contributed by atoms with E-state index in [1.54, 1.807) is 36.4 Å². The van der Waals surface area contributed by atoms with Crippen LogP contribution in [0.4, 0.5) is 0 Å². The van der Waals surface area contributed by atoms with Gasteiger partial charge < -0.3 is 18.6 Å². The Kier molecular flexibility index (Phi) is 5.70. The third kappa shape index (κ3) is 4.51. The van der Waals surface area contributed by atoms with Crippen molar-refractivity contribution >= 4 is 41.8 Å². The van der Waals surface area contributed by atoms with Crippen molar-refractivity contribution in [2.45, 2.75) is 9.79 Å². The van der Waals surface area contributed by atoms with Crippen LogP contribution in [-0.2, 0) is 20.2 Å². The number of phenolic OH excluding ortho intramolecular Hbond substituents is 2. The number of fused-ring (bicyclic) bond motifs is 2. The molecule has 0 aliphatic heterocycles. The third-order valence-electron chi connectivity index (χ3n) is 5.45. The zero-order valence-electron chi connectivity index (χ0n) is 18.4. The van der Waals surface area contributed by atoms with Crippen molar-refractivity contribution in [3.8, 4) is 23.0 Å². The fraction of sp³-hybridized carbons (Fsp3) is 0. The summed E-state index contributed by atoms with van der Waals surface area (Å²) >= 11 is 0. The van der Waals surface area contributed by atoms with Crippen molar-refractivity contribution in [2.24, 2.45) is 0 Å². The van der Waals surface area contributed by atoms with Crippen LogP contribution >= 0.6 is 0 Å². The number of benzene rings is 5. The van der Waals surface area contributed by atoms with Crippen LogP contribution in [0, 0.1) is 0 Å². The van der Waals surface area contributed by atoms with Crippen LogP contribution in [0.15, 0.2) is 107 Å². The summed E-state index contributed by atoms with van der Waals surface area (Å²) in [4.78, 5) is -0.235. The van der Waals surface area contributed by atoms with Crippen LogP contribution in [-0.4, -0.2) is 27.0 Å². The molecule has 0 bridgehead atoms. The topological polar surface area (TPSA) is 127 Å². The highest BCUT2D eigenvalue weighted by Gasteiger charge is 2.20. The fourth-order valence-electron chi connectivity index (χ4n) is 3.70. The number of hydrogen-bond donors (Lipinski definition) is 2. The Bertz CT molecular complexity index is 1670. The molecule has 0 saturated heterocycles. The summed E-state index contributed by atoms with van der Waals surface area (Å²) in [6.45, 7) is 0. The second-order valence-electron chi connectivity index (χ2n) is 7.87. The maximum Gasteiger partial charge on any atom is 0.339 e. The summed E-state index contributed by atoms with van der Waals surface area (Å²) in [6, 6.07) is 23.1. The first-order valence-corrected chi connectivity index (χ1v) is 13.4. The molecule has 10 heteroatoms. The summed E-state index contributed by atoms with van der Waals surface area (Å²) in [7, 11) is -8.35. The van der Waals surface area contributed by atoms with E-state index in [1.807, 2.05) is 0 Å². The molecular formula is C26H18O8S2. The Morgan fingerprint density at radius 3 is 1.22 bits per heavy atom. The molecule has 0 heterocycles. The SMILES string of the molecule is O=S(=O)(Oc1cccc2cc3c(OS(=O)(=O)c4ccc(O)cc4)cccc3cc12)c1ccc(O)cc1. The van der Waals surface area contributed by atoms with E-state index in [2.05, 4.69) is 0 Å². The number of aromatic hydroxyl groups is 2. The zero-order chi connectivity index (χ0) is 25.5. The van der Waals surface area contributed by atoms with Gasteiger partial charge in [0.25, 0.3) is 0 Å². The Morgan fingerprint density at radius 2 is 0.861 bits per heavy atom. The summed E-state index contributed by atoms with van der Waals surface area (Å²) in [5.74, 6) is 0.0306. The third-order valence-corrected chi connectivity index (χ3v) is 7.95. The van der Waals surface area contributed by atoms with Crippen LogP contribution in [0.25, 0.3) is 21.5 Å². The van der Waals surface area contributed by atoms with Crippen LogP contribution in [0.1, 0.15) is 0 Å². The molecule has 0 aliphatic rings. The zero-order valence-corrected chi connectivity index (χ0v) is 20.0. The molecule has 0 fully saturated rings. The van der Waals surface area contributed by atoms with Gasteiger partial charge in [-0.25, -0.2) is 0 Å². The number of rotatable bonds is 6. The Hall–Kier alpha value is -4.28. The van der Waals surface area contributed by atoms with Gasteiger partial charge in [0.05, 0.1) is 0 Å². The summed E-state index contributed by atoms with van der Waals surface area (Å²) in [5.41, 5.74) is 0. The monoisotopic (exact) mass is 522 g/mol. The summed E-state index contributed by atoms with van der Waals surface area (Å²) in [6.07, 6.45) is 0. The molecule has 0 atom stereocenters. The highest BCUT2D eigenvalue weighted by atomic mass is 32.2. The van der Waals surface area contributed by atoms with Crippen LogP contribution in [0.2, 0.25) is 0 Å². The maximum absolute atomic E-state index is 12.8. The van der Waals surface area contributed by atoms with Crippen LogP contribution in [0.5, 0.6) is 23.0 Å². The Balaban J connectivity index is 1.56. The quantitative estimate of drug-likeness (QED) is 0.237. The average Bonchev–Trinajstić information content (AvgIpc) is 2.84. The van der Waals surface area contributed by atoms with Gasteiger partial charge >= 0.3 is 20.2 Å². The molecule has 0 aromatic heterocycles. The molecule has 0 aliphatic carbocycles. The van der Waals surface area contributed by atoms with Gasteiger partial charge in [-0.1, -0.05) is 24.3 Å². The molecule has 0 radical (unpaired) electrons. The van der Waals surface area contributed by atoms with E-state index in [1.165, 1.54) is 60.7 Å². The van der Waals surface area contributed by atoms with Crippen molar-refractivity contribution in [1.82, 2.24) is 0 Å². The highest BCUT2D eigenvalue weighted by molar-refractivity contribution is 7.87. The van der Waals surface area contributed by atoms with Gasteiger partial charge in [-0.15, -0.1) is 0 Å². The van der Waals surface area contributed by atoms with E-state index in [0.29, 0.717) is 21.5 Å². The minimum atomic E-state index is -4.17. The minimum Gasteiger partial charge on any atom is -0.508 e. The molecule has 0 spiro atoms. The van der Waals surface area contributed by atoms with Crippen LogP contribution in [0.3, 0.4) is 0 Å². The number of hydrogen-bond acceptors (Lipinski definition) is 8. The second kappa shape index (κ2) is 8.74. The van der Waals surface area contributed by atoms with Crippen molar-refractivity contribution in [3.05, 3.63) is 97.1 Å².